The van der Waals surface area contributed by atoms with Gasteiger partial charge in [0.15, 0.2) is 5.82 Å². The van der Waals surface area contributed by atoms with E-state index in [0.717, 1.165) is 44.2 Å². The number of nitrogens with one attached hydrogen (secondary N) is 4. The van der Waals surface area contributed by atoms with Crippen LogP contribution in [0.1, 0.15) is 113 Å². The zero-order chi connectivity index (χ0) is 29.0. The second kappa shape index (κ2) is 12.6. The second-order valence-electron chi connectivity index (χ2n) is 12.9. The van der Waals surface area contributed by atoms with Gasteiger partial charge in [0.1, 0.15) is 17.3 Å². The van der Waals surface area contributed by atoms with Gasteiger partial charge in [0.25, 0.3) is 5.91 Å². The van der Waals surface area contributed by atoms with Crippen LogP contribution in [0.2, 0.25) is 0 Å². The Balaban J connectivity index is 1.33. The van der Waals surface area contributed by atoms with Crippen LogP contribution >= 0.6 is 0 Å². The summed E-state index contributed by atoms with van der Waals surface area (Å²) in [6.07, 6.45) is 10.4. The number of nitrogens with zero attached hydrogens (tertiary/aromatic N) is 4. The maximum Gasteiger partial charge on any atom is 0.408 e. The molecule has 0 aromatic carbocycles. The minimum Gasteiger partial charge on any atom is -0.444 e. The summed E-state index contributed by atoms with van der Waals surface area (Å²) in [6, 6.07) is 2.81. The summed E-state index contributed by atoms with van der Waals surface area (Å²) in [5, 5.41) is 19.7. The lowest BCUT2D eigenvalue weighted by molar-refractivity contribution is -0.125. The van der Waals surface area contributed by atoms with E-state index in [1.807, 2.05) is 26.8 Å². The van der Waals surface area contributed by atoms with Gasteiger partial charge in [-0.1, -0.05) is 50.2 Å². The third-order valence-corrected chi connectivity index (χ3v) is 8.84. The lowest BCUT2D eigenvalue weighted by Gasteiger charge is -2.27. The molecular weight excluding hydrogens is 524 g/mol. The molecule has 3 atom stereocenters. The van der Waals surface area contributed by atoms with Crippen molar-refractivity contribution in [3.05, 3.63) is 29.3 Å². The van der Waals surface area contributed by atoms with E-state index in [1.165, 1.54) is 19.3 Å². The normalized spacial score (nSPS) is 23.0. The molecular formula is C29H44N8O4. The number of H-pyrrole nitrogens is 2. The molecule has 2 aliphatic carbocycles. The van der Waals surface area contributed by atoms with Gasteiger partial charge in [0.05, 0.1) is 12.6 Å². The molecule has 1 aliphatic heterocycles. The third kappa shape index (κ3) is 7.26. The lowest BCUT2D eigenvalue weighted by atomic mass is 9.79. The van der Waals surface area contributed by atoms with Crippen molar-refractivity contribution in [3.63, 3.8) is 0 Å². The van der Waals surface area contributed by atoms with Crippen LogP contribution in [-0.2, 0) is 16.1 Å². The Bertz CT molecular complexity index is 1180. The second-order valence-corrected chi connectivity index (χ2v) is 12.9. The topological polar surface area (TPSA) is 158 Å². The number of likely N-dealkylation sites (tertiary alicyclic amines) is 1. The van der Waals surface area contributed by atoms with E-state index < -0.39 is 17.7 Å². The van der Waals surface area contributed by atoms with Crippen LogP contribution in [0, 0.1) is 17.8 Å². The molecule has 4 N–H and O–H groups in total. The van der Waals surface area contributed by atoms with Crippen LogP contribution in [0.5, 0.6) is 0 Å². The highest BCUT2D eigenvalue weighted by Gasteiger charge is 2.43. The molecule has 3 aliphatic rings. The molecule has 0 spiro atoms. The first kappa shape index (κ1) is 29.1. The molecule has 3 fully saturated rings. The highest BCUT2D eigenvalue weighted by atomic mass is 16.6. The summed E-state index contributed by atoms with van der Waals surface area (Å²) in [5.41, 5.74) is 0.604. The molecule has 3 heterocycles. The van der Waals surface area contributed by atoms with E-state index in [9.17, 15) is 14.4 Å². The van der Waals surface area contributed by atoms with Crippen molar-refractivity contribution < 1.29 is 19.1 Å². The molecule has 1 saturated heterocycles. The van der Waals surface area contributed by atoms with Crippen molar-refractivity contribution in [2.24, 2.45) is 17.8 Å². The van der Waals surface area contributed by atoms with Gasteiger partial charge in [-0.05, 0) is 69.9 Å². The minimum absolute atomic E-state index is 0.147. The van der Waals surface area contributed by atoms with Gasteiger partial charge in [-0.2, -0.15) is 5.21 Å². The molecule has 12 heteroatoms. The van der Waals surface area contributed by atoms with Gasteiger partial charge in [0, 0.05) is 12.2 Å². The van der Waals surface area contributed by atoms with Gasteiger partial charge in [0.2, 0.25) is 5.91 Å². The number of alkyl carbamates (subject to hydrolysis) is 1. The molecule has 5 rings (SSSR count). The number of amides is 3. The standard InChI is InChI=1S/C29H44N8O4/c1-29(2,3)41-28(40)32-25(19-11-7-8-12-19)21-13-14-22(31-21)27(39)37-17-20(18-9-5-4-6-10-18)15-23(37)26(38)30-16-24-33-35-36-34-24/h13-14,18-20,23,25,31H,4-12,15-17H2,1-3H3,(H,30,38)(H,32,40)(H,33,34,35,36)/t20-,23+,25+/m1/s1. The number of carbonyl (C=O) groups excluding carboxylic acids is 3. The SMILES string of the molecule is CC(C)(C)OC(=O)N[C@H](c1ccc(C(=O)N2C[C@H](C3CCCCC3)C[C@H]2C(=O)NCc2nn[nH]n2)[nH]1)C1CCCC1. The predicted molar refractivity (Wildman–Crippen MR) is 150 cm³/mol. The number of aromatic nitrogens is 5. The Morgan fingerprint density at radius 3 is 2.46 bits per heavy atom. The van der Waals surface area contributed by atoms with E-state index in [4.69, 9.17) is 4.74 Å². The molecule has 2 aromatic heterocycles. The summed E-state index contributed by atoms with van der Waals surface area (Å²) < 4.78 is 5.55. The van der Waals surface area contributed by atoms with E-state index in [0.29, 0.717) is 30.4 Å². The Labute approximate surface area is 241 Å². The summed E-state index contributed by atoms with van der Waals surface area (Å²) >= 11 is 0. The highest BCUT2D eigenvalue weighted by Crippen LogP contribution is 2.39. The minimum atomic E-state index is -0.606. The van der Waals surface area contributed by atoms with E-state index in [-0.39, 0.29) is 36.2 Å². The summed E-state index contributed by atoms with van der Waals surface area (Å²) in [5.74, 6) is 1.06. The van der Waals surface area contributed by atoms with Crippen molar-refractivity contribution in [1.82, 2.24) is 41.1 Å². The van der Waals surface area contributed by atoms with Crippen molar-refractivity contribution in [2.45, 2.75) is 109 Å². The zero-order valence-electron chi connectivity index (χ0n) is 24.4. The van der Waals surface area contributed by atoms with Gasteiger partial charge in [-0.15, -0.1) is 10.2 Å². The predicted octanol–water partition coefficient (Wildman–Crippen LogP) is 4.01. The first-order valence-electron chi connectivity index (χ1n) is 15.2. The number of carbonyl (C=O) groups is 3. The molecule has 224 valence electrons. The van der Waals surface area contributed by atoms with Crippen molar-refractivity contribution in [2.75, 3.05) is 6.54 Å². The fourth-order valence-corrected chi connectivity index (χ4v) is 6.88. The Hall–Kier alpha value is -3.44. The third-order valence-electron chi connectivity index (χ3n) is 8.84. The Morgan fingerprint density at radius 1 is 1.05 bits per heavy atom. The van der Waals surface area contributed by atoms with E-state index in [2.05, 4.69) is 36.2 Å². The largest absolute Gasteiger partial charge is 0.444 e. The molecule has 0 bridgehead atoms. The van der Waals surface area contributed by atoms with Crippen molar-refractivity contribution in [1.29, 1.82) is 0 Å². The quantitative estimate of drug-likeness (QED) is 0.374. The van der Waals surface area contributed by atoms with Gasteiger partial charge in [-0.25, -0.2) is 4.79 Å². The average Bonchev–Trinajstić information content (AvgIpc) is 3.76. The van der Waals surface area contributed by atoms with Crippen molar-refractivity contribution in [3.8, 4) is 0 Å². The van der Waals surface area contributed by atoms with Crippen molar-refractivity contribution >= 4 is 17.9 Å². The molecule has 12 nitrogen and oxygen atoms in total. The van der Waals surface area contributed by atoms with Gasteiger partial charge < -0.3 is 25.3 Å². The molecule has 41 heavy (non-hydrogen) atoms. The fourth-order valence-electron chi connectivity index (χ4n) is 6.88. The smallest absolute Gasteiger partial charge is 0.408 e. The first-order valence-corrected chi connectivity index (χ1v) is 15.2. The monoisotopic (exact) mass is 568 g/mol. The van der Waals surface area contributed by atoms with E-state index >= 15 is 0 Å². The Morgan fingerprint density at radius 2 is 1.78 bits per heavy atom. The van der Waals surface area contributed by atoms with Gasteiger partial charge >= 0.3 is 6.09 Å². The summed E-state index contributed by atoms with van der Waals surface area (Å²) in [6.45, 7) is 6.23. The number of hydrogen-bond acceptors (Lipinski definition) is 7. The number of aromatic amines is 2. The van der Waals surface area contributed by atoms with Crippen LogP contribution in [0.25, 0.3) is 0 Å². The van der Waals surface area contributed by atoms with Crippen LogP contribution < -0.4 is 10.6 Å². The zero-order valence-corrected chi connectivity index (χ0v) is 24.4. The summed E-state index contributed by atoms with van der Waals surface area (Å²) in [4.78, 5) is 45.1. The molecule has 3 amide bonds. The maximum atomic E-state index is 14.0. The highest BCUT2D eigenvalue weighted by molar-refractivity contribution is 5.96. The number of rotatable bonds is 8. The maximum absolute atomic E-state index is 14.0. The molecule has 0 radical (unpaired) electrons. The Kier molecular flexibility index (Phi) is 8.94. The van der Waals surface area contributed by atoms with Crippen LogP contribution in [-0.4, -0.2) is 66.6 Å². The van der Waals surface area contributed by atoms with Gasteiger partial charge in [-0.3, -0.25) is 9.59 Å². The first-order chi connectivity index (χ1) is 19.7. The van der Waals surface area contributed by atoms with Crippen LogP contribution in [0.15, 0.2) is 12.1 Å². The molecule has 0 unspecified atom stereocenters. The van der Waals surface area contributed by atoms with Crippen LogP contribution in [0.3, 0.4) is 0 Å². The average molecular weight is 569 g/mol. The lowest BCUT2D eigenvalue weighted by Crippen LogP contribution is -2.46. The summed E-state index contributed by atoms with van der Waals surface area (Å²) in [7, 11) is 0. The number of hydrogen-bond donors (Lipinski definition) is 4. The van der Waals surface area contributed by atoms with E-state index in [1.54, 1.807) is 11.0 Å². The number of tetrazole rings is 1. The number of ether oxygens (including phenoxy) is 1. The van der Waals surface area contributed by atoms with Crippen LogP contribution in [0.4, 0.5) is 4.79 Å². The fraction of sp³-hybridized carbons (Fsp3) is 0.724. The molecule has 2 saturated carbocycles. The molecule has 2 aromatic rings.